The highest BCUT2D eigenvalue weighted by Crippen LogP contribution is 2.20. The number of carbonyl (C=O) groups excluding carboxylic acids is 2. The van der Waals surface area contributed by atoms with E-state index in [9.17, 15) is 9.59 Å². The summed E-state index contributed by atoms with van der Waals surface area (Å²) in [6.07, 6.45) is -0.355. The lowest BCUT2D eigenvalue weighted by atomic mass is 10.4. The second kappa shape index (κ2) is 11.8. The van der Waals surface area contributed by atoms with Crippen molar-refractivity contribution in [3.8, 4) is 0 Å². The van der Waals surface area contributed by atoms with Gasteiger partial charge in [0.05, 0.1) is 0 Å². The van der Waals surface area contributed by atoms with Gasteiger partial charge in [-0.15, -0.1) is 0 Å². The van der Waals surface area contributed by atoms with E-state index in [-0.39, 0.29) is 6.42 Å². The highest BCUT2D eigenvalue weighted by molar-refractivity contribution is 8.23. The molecular weight excluding hydrogens is 445 g/mol. The smallest absolute Gasteiger partial charge is 0.248 e. The Kier molecular flexibility index (Phi) is 9.39. The molecule has 29 heavy (non-hydrogen) atoms. The maximum atomic E-state index is 12.1. The average Bonchev–Trinajstić information content (AvgIpc) is 2.69. The molecule has 0 aliphatic rings. The van der Waals surface area contributed by atoms with Gasteiger partial charge < -0.3 is 0 Å². The van der Waals surface area contributed by atoms with E-state index in [1.54, 1.807) is 14.1 Å². The number of thiocarbonyl (C=S) groups is 2. The van der Waals surface area contributed by atoms with E-state index < -0.39 is 11.8 Å². The predicted molar refractivity (Wildman–Crippen MR) is 126 cm³/mol. The van der Waals surface area contributed by atoms with Crippen LogP contribution in [0.2, 0.25) is 0 Å². The second-order valence-electron chi connectivity index (χ2n) is 5.73. The minimum atomic E-state index is -0.476. The quantitative estimate of drug-likeness (QED) is 0.309. The number of hydrogen-bond acceptors (Lipinski definition) is 6. The molecular formula is C19H20N4O2S4. The number of thioether (sulfide) groups is 2. The van der Waals surface area contributed by atoms with Crippen LogP contribution in [-0.2, 0) is 9.59 Å². The zero-order chi connectivity index (χ0) is 21.2. The number of benzene rings is 2. The molecule has 2 aromatic carbocycles. The van der Waals surface area contributed by atoms with Crippen molar-refractivity contribution in [1.29, 1.82) is 0 Å². The van der Waals surface area contributed by atoms with E-state index in [1.165, 1.54) is 33.5 Å². The molecule has 2 amide bonds. The number of hydrazine groups is 2. The summed E-state index contributed by atoms with van der Waals surface area (Å²) < 4.78 is 0.921. The lowest BCUT2D eigenvalue weighted by Crippen LogP contribution is -2.46. The van der Waals surface area contributed by atoms with E-state index in [1.807, 2.05) is 60.7 Å². The maximum Gasteiger partial charge on any atom is 0.248 e. The van der Waals surface area contributed by atoms with Crippen molar-refractivity contribution in [2.45, 2.75) is 16.2 Å². The Morgan fingerprint density at radius 1 is 0.759 bits per heavy atom. The van der Waals surface area contributed by atoms with Crippen molar-refractivity contribution in [2.24, 2.45) is 0 Å². The fourth-order valence-corrected chi connectivity index (χ4v) is 4.03. The number of rotatable bonds is 4. The topological polar surface area (TPSA) is 64.7 Å². The SMILES string of the molecule is CN(NC(=O)CC(=O)NN(C)C(=S)Sc1ccccc1)C(=S)Sc1ccccc1. The van der Waals surface area contributed by atoms with Gasteiger partial charge in [-0.3, -0.25) is 30.5 Å². The van der Waals surface area contributed by atoms with Gasteiger partial charge >= 0.3 is 0 Å². The normalized spacial score (nSPS) is 10.0. The number of carbonyl (C=O) groups is 2. The predicted octanol–water partition coefficient (Wildman–Crippen LogP) is 3.46. The molecule has 0 aliphatic heterocycles. The van der Waals surface area contributed by atoms with Gasteiger partial charge in [0.1, 0.15) is 6.42 Å². The van der Waals surface area contributed by atoms with Crippen molar-refractivity contribution in [1.82, 2.24) is 20.9 Å². The fraction of sp³-hybridized carbons (Fsp3) is 0.158. The first kappa shape index (κ1) is 23.1. The second-order valence-corrected chi connectivity index (χ2v) is 9.14. The largest absolute Gasteiger partial charge is 0.273 e. The van der Waals surface area contributed by atoms with Crippen LogP contribution in [-0.4, -0.2) is 44.6 Å². The van der Waals surface area contributed by atoms with E-state index in [2.05, 4.69) is 10.9 Å². The highest BCUT2D eigenvalue weighted by atomic mass is 32.2. The molecule has 0 aliphatic carbocycles. The van der Waals surface area contributed by atoms with Gasteiger partial charge in [-0.05, 0) is 24.3 Å². The number of nitrogens with one attached hydrogen (secondary N) is 2. The van der Waals surface area contributed by atoms with E-state index in [0.717, 1.165) is 9.79 Å². The molecule has 0 fully saturated rings. The van der Waals surface area contributed by atoms with Crippen LogP contribution in [0.25, 0.3) is 0 Å². The van der Waals surface area contributed by atoms with Gasteiger partial charge in [0, 0.05) is 23.9 Å². The summed E-state index contributed by atoms with van der Waals surface area (Å²) in [6.45, 7) is 0. The highest BCUT2D eigenvalue weighted by Gasteiger charge is 2.16. The zero-order valence-corrected chi connectivity index (χ0v) is 19.1. The molecule has 0 bridgehead atoms. The van der Waals surface area contributed by atoms with Gasteiger partial charge in [0.25, 0.3) is 0 Å². The van der Waals surface area contributed by atoms with Crippen LogP contribution < -0.4 is 10.9 Å². The summed E-state index contributed by atoms with van der Waals surface area (Å²) in [5, 5.41) is 2.84. The first-order valence-corrected chi connectivity index (χ1v) is 10.9. The summed E-state index contributed by atoms with van der Waals surface area (Å²) >= 11 is 13.3. The minimum Gasteiger partial charge on any atom is -0.273 e. The summed E-state index contributed by atoms with van der Waals surface area (Å²) in [4.78, 5) is 26.2. The summed E-state index contributed by atoms with van der Waals surface area (Å²) in [7, 11) is 3.26. The molecule has 0 atom stereocenters. The van der Waals surface area contributed by atoms with Crippen LogP contribution in [0, 0.1) is 0 Å². The Bertz CT molecular complexity index is 794. The molecule has 152 valence electrons. The first-order valence-electron chi connectivity index (χ1n) is 8.45. The Morgan fingerprint density at radius 3 is 1.45 bits per heavy atom. The maximum absolute atomic E-state index is 12.1. The van der Waals surface area contributed by atoms with Crippen molar-refractivity contribution in [2.75, 3.05) is 14.1 Å². The van der Waals surface area contributed by atoms with Gasteiger partial charge in [0.15, 0.2) is 8.64 Å². The average molecular weight is 465 g/mol. The van der Waals surface area contributed by atoms with Crippen molar-refractivity contribution in [3.05, 3.63) is 60.7 Å². The van der Waals surface area contributed by atoms with Crippen molar-refractivity contribution in [3.63, 3.8) is 0 Å². The Labute approximate surface area is 189 Å². The number of amides is 2. The number of hydrogen-bond donors (Lipinski definition) is 2. The molecule has 0 saturated carbocycles. The van der Waals surface area contributed by atoms with Crippen LogP contribution in [0.1, 0.15) is 6.42 Å². The Morgan fingerprint density at radius 2 is 1.10 bits per heavy atom. The van der Waals surface area contributed by atoms with Crippen LogP contribution in [0.4, 0.5) is 0 Å². The summed E-state index contributed by atoms with van der Waals surface area (Å²) in [5.41, 5.74) is 5.18. The molecule has 0 saturated heterocycles. The summed E-state index contributed by atoms with van der Waals surface area (Å²) in [5.74, 6) is -0.952. The molecule has 0 unspecified atom stereocenters. The van der Waals surface area contributed by atoms with Gasteiger partial charge in [-0.2, -0.15) is 0 Å². The molecule has 0 spiro atoms. The zero-order valence-electron chi connectivity index (χ0n) is 15.8. The van der Waals surface area contributed by atoms with Gasteiger partial charge in [0.2, 0.25) is 11.8 Å². The van der Waals surface area contributed by atoms with Crippen LogP contribution >= 0.6 is 48.0 Å². The van der Waals surface area contributed by atoms with Crippen molar-refractivity contribution >= 4 is 68.4 Å². The van der Waals surface area contributed by atoms with Crippen LogP contribution in [0.15, 0.2) is 70.5 Å². The number of nitrogens with zero attached hydrogens (tertiary/aromatic N) is 2. The third-order valence-corrected chi connectivity index (χ3v) is 6.31. The molecule has 10 heteroatoms. The molecule has 2 N–H and O–H groups in total. The van der Waals surface area contributed by atoms with Crippen LogP contribution in [0.5, 0.6) is 0 Å². The van der Waals surface area contributed by atoms with Gasteiger partial charge in [-0.1, -0.05) is 84.4 Å². The monoisotopic (exact) mass is 464 g/mol. The van der Waals surface area contributed by atoms with Crippen molar-refractivity contribution < 1.29 is 9.59 Å². The molecule has 0 aromatic heterocycles. The molecule has 0 heterocycles. The van der Waals surface area contributed by atoms with Crippen LogP contribution in [0.3, 0.4) is 0 Å². The lowest BCUT2D eigenvalue weighted by Gasteiger charge is -2.22. The Hall–Kier alpha value is -2.14. The molecule has 6 nitrogen and oxygen atoms in total. The van der Waals surface area contributed by atoms with E-state index in [4.69, 9.17) is 24.4 Å². The van der Waals surface area contributed by atoms with E-state index >= 15 is 0 Å². The lowest BCUT2D eigenvalue weighted by molar-refractivity contribution is -0.132. The molecule has 2 aromatic rings. The minimum absolute atomic E-state index is 0.355. The molecule has 2 rings (SSSR count). The molecule has 0 radical (unpaired) electrons. The van der Waals surface area contributed by atoms with Gasteiger partial charge in [-0.25, -0.2) is 0 Å². The standard InChI is InChI=1S/C19H20N4O2S4/c1-22(18(26)28-14-9-5-3-6-10-14)20-16(24)13-17(25)21-23(2)19(27)29-15-11-7-4-8-12-15/h3-12H,13H2,1-2H3,(H,20,24)(H,21,25). The third-order valence-electron chi connectivity index (χ3n) is 3.35. The fourth-order valence-electron chi connectivity index (χ4n) is 2.01. The summed E-state index contributed by atoms with van der Waals surface area (Å²) in [6, 6.07) is 19.2. The van der Waals surface area contributed by atoms with E-state index in [0.29, 0.717) is 8.64 Å². The first-order chi connectivity index (χ1) is 13.8. The Balaban J connectivity index is 1.75. The third kappa shape index (κ3) is 8.40.